The number of nitrogens with zero attached hydrogens (tertiary/aromatic N) is 1. The van der Waals surface area contributed by atoms with Gasteiger partial charge in [0.25, 0.3) is 0 Å². The molecule has 0 spiro atoms. The van der Waals surface area contributed by atoms with E-state index in [1.165, 1.54) is 11.3 Å². The number of rotatable bonds is 3. The summed E-state index contributed by atoms with van der Waals surface area (Å²) >= 11 is 4.77. The number of hydrogen-bond donors (Lipinski definition) is 2. The molecule has 4 nitrogen and oxygen atoms in total. The van der Waals surface area contributed by atoms with Crippen LogP contribution < -0.4 is 11.5 Å². The van der Waals surface area contributed by atoms with Gasteiger partial charge in [0.05, 0.1) is 15.5 Å². The first kappa shape index (κ1) is 10.6. The summed E-state index contributed by atoms with van der Waals surface area (Å²) < 4.78 is 0.947. The van der Waals surface area contributed by atoms with Crippen LogP contribution in [-0.4, -0.2) is 10.9 Å². The molecule has 72 valence electrons. The lowest BCUT2D eigenvalue weighted by Gasteiger charge is -2.03. The molecular formula is C7H10BrN3OS. The van der Waals surface area contributed by atoms with Crippen molar-refractivity contribution in [2.45, 2.75) is 19.4 Å². The summed E-state index contributed by atoms with van der Waals surface area (Å²) in [6.07, 6.45) is 0.138. The Bertz CT molecular complexity index is 306. The Morgan fingerprint density at radius 2 is 2.38 bits per heavy atom. The van der Waals surface area contributed by atoms with Crippen molar-refractivity contribution in [2.75, 3.05) is 0 Å². The monoisotopic (exact) mass is 263 g/mol. The second-order valence-corrected chi connectivity index (χ2v) is 5.04. The molecule has 0 aliphatic carbocycles. The maximum Gasteiger partial charge on any atom is 0.219 e. The Labute approximate surface area is 88.5 Å². The lowest BCUT2D eigenvalue weighted by molar-refractivity contribution is -0.118. The summed E-state index contributed by atoms with van der Waals surface area (Å²) in [6.45, 7) is 1.88. The molecule has 0 bridgehead atoms. The summed E-state index contributed by atoms with van der Waals surface area (Å²) in [7, 11) is 0. The number of nitrogens with two attached hydrogens (primary N) is 2. The van der Waals surface area contributed by atoms with Gasteiger partial charge in [-0.1, -0.05) is 0 Å². The fourth-order valence-corrected chi connectivity index (χ4v) is 2.24. The molecule has 1 aromatic rings. The highest BCUT2D eigenvalue weighted by Gasteiger charge is 2.14. The minimum absolute atomic E-state index is 0.138. The molecule has 4 N–H and O–H groups in total. The number of hydrogen-bond acceptors (Lipinski definition) is 4. The predicted molar refractivity (Wildman–Crippen MR) is 55.3 cm³/mol. The molecule has 1 rings (SSSR count). The van der Waals surface area contributed by atoms with Gasteiger partial charge in [-0.2, -0.15) is 0 Å². The zero-order valence-electron chi connectivity index (χ0n) is 7.08. The SMILES string of the molecule is Cc1nc([C@@H](N)CC(N)=O)sc1Br. The first-order valence-corrected chi connectivity index (χ1v) is 5.28. The van der Waals surface area contributed by atoms with Crippen LogP contribution in [0.5, 0.6) is 0 Å². The van der Waals surface area contributed by atoms with Crippen molar-refractivity contribution in [1.29, 1.82) is 0 Å². The molecule has 13 heavy (non-hydrogen) atoms. The van der Waals surface area contributed by atoms with Gasteiger partial charge in [-0.25, -0.2) is 4.98 Å². The summed E-state index contributed by atoms with van der Waals surface area (Å²) in [5, 5.41) is 0.739. The Kier molecular flexibility index (Phi) is 3.40. The van der Waals surface area contributed by atoms with Crippen LogP contribution in [0.15, 0.2) is 3.79 Å². The smallest absolute Gasteiger partial charge is 0.219 e. The first-order valence-electron chi connectivity index (χ1n) is 3.67. The molecular weight excluding hydrogens is 254 g/mol. The van der Waals surface area contributed by atoms with Gasteiger partial charge in [0.15, 0.2) is 0 Å². The largest absolute Gasteiger partial charge is 0.370 e. The van der Waals surface area contributed by atoms with Gasteiger partial charge in [-0.05, 0) is 22.9 Å². The van der Waals surface area contributed by atoms with Crippen molar-refractivity contribution >= 4 is 33.2 Å². The van der Waals surface area contributed by atoms with Gasteiger partial charge in [0.1, 0.15) is 5.01 Å². The molecule has 0 radical (unpaired) electrons. The fraction of sp³-hybridized carbons (Fsp3) is 0.429. The molecule has 0 aliphatic rings. The van der Waals surface area contributed by atoms with Crippen molar-refractivity contribution < 1.29 is 4.79 Å². The molecule has 0 unspecified atom stereocenters. The van der Waals surface area contributed by atoms with Gasteiger partial charge < -0.3 is 11.5 Å². The lowest BCUT2D eigenvalue weighted by Crippen LogP contribution is -2.20. The molecule has 0 fully saturated rings. The van der Waals surface area contributed by atoms with Crippen molar-refractivity contribution in [1.82, 2.24) is 4.98 Å². The van der Waals surface area contributed by atoms with Crippen molar-refractivity contribution in [3.63, 3.8) is 0 Å². The van der Waals surface area contributed by atoms with Crippen LogP contribution in [0.3, 0.4) is 0 Å². The summed E-state index contributed by atoms with van der Waals surface area (Å²) in [4.78, 5) is 14.8. The van der Waals surface area contributed by atoms with Crippen LogP contribution in [0.4, 0.5) is 0 Å². The summed E-state index contributed by atoms with van der Waals surface area (Å²) in [5.74, 6) is -0.406. The Hall–Kier alpha value is -0.460. The van der Waals surface area contributed by atoms with Crippen LogP contribution in [0.25, 0.3) is 0 Å². The average molecular weight is 264 g/mol. The van der Waals surface area contributed by atoms with Crippen molar-refractivity contribution in [2.24, 2.45) is 11.5 Å². The van der Waals surface area contributed by atoms with E-state index in [9.17, 15) is 4.79 Å². The maximum atomic E-state index is 10.6. The minimum atomic E-state index is -0.406. The highest BCUT2D eigenvalue weighted by Crippen LogP contribution is 2.28. The molecule has 1 atom stereocenters. The number of halogens is 1. The normalized spacial score (nSPS) is 12.8. The van der Waals surface area contributed by atoms with Crippen LogP contribution >= 0.6 is 27.3 Å². The third-order valence-corrected chi connectivity index (χ3v) is 3.63. The highest BCUT2D eigenvalue weighted by molar-refractivity contribution is 9.11. The second-order valence-electron chi connectivity index (χ2n) is 2.69. The number of amides is 1. The molecule has 0 aliphatic heterocycles. The third kappa shape index (κ3) is 2.75. The van der Waals surface area contributed by atoms with Gasteiger partial charge in [0, 0.05) is 6.42 Å². The highest BCUT2D eigenvalue weighted by atomic mass is 79.9. The zero-order chi connectivity index (χ0) is 10.0. The molecule has 1 aromatic heterocycles. The molecule has 6 heteroatoms. The Balaban J connectivity index is 2.77. The predicted octanol–water partition coefficient (Wildman–Crippen LogP) is 1.09. The third-order valence-electron chi connectivity index (χ3n) is 1.49. The lowest BCUT2D eigenvalue weighted by atomic mass is 10.2. The van der Waals surface area contributed by atoms with E-state index in [2.05, 4.69) is 20.9 Å². The molecule has 0 aromatic carbocycles. The van der Waals surface area contributed by atoms with Crippen molar-refractivity contribution in [3.05, 3.63) is 14.5 Å². The van der Waals surface area contributed by atoms with Gasteiger partial charge in [-0.3, -0.25) is 4.79 Å². The van der Waals surface area contributed by atoms with E-state index in [-0.39, 0.29) is 12.5 Å². The maximum absolute atomic E-state index is 10.6. The van der Waals surface area contributed by atoms with Gasteiger partial charge in [0.2, 0.25) is 5.91 Å². The van der Waals surface area contributed by atoms with E-state index in [4.69, 9.17) is 11.5 Å². The van der Waals surface area contributed by atoms with Crippen LogP contribution in [-0.2, 0) is 4.79 Å². The van der Waals surface area contributed by atoms with Crippen molar-refractivity contribution in [3.8, 4) is 0 Å². The average Bonchev–Trinajstić information content (AvgIpc) is 2.31. The quantitative estimate of drug-likeness (QED) is 0.857. The number of carbonyl (C=O) groups excluding carboxylic acids is 1. The van der Waals surface area contributed by atoms with Crippen LogP contribution in [0, 0.1) is 6.92 Å². The van der Waals surface area contributed by atoms with E-state index >= 15 is 0 Å². The van der Waals surface area contributed by atoms with E-state index in [1.807, 2.05) is 6.92 Å². The topological polar surface area (TPSA) is 82.0 Å². The van der Waals surface area contributed by atoms with Gasteiger partial charge >= 0.3 is 0 Å². The summed E-state index contributed by atoms with van der Waals surface area (Å²) in [6, 6.07) is -0.382. The molecule has 1 heterocycles. The zero-order valence-corrected chi connectivity index (χ0v) is 9.48. The Morgan fingerprint density at radius 3 is 2.77 bits per heavy atom. The van der Waals surface area contributed by atoms with E-state index < -0.39 is 5.91 Å². The molecule has 0 saturated carbocycles. The Morgan fingerprint density at radius 1 is 1.77 bits per heavy atom. The van der Waals surface area contributed by atoms with Crippen LogP contribution in [0.2, 0.25) is 0 Å². The number of primary amides is 1. The van der Waals surface area contributed by atoms with E-state index in [0.717, 1.165) is 14.5 Å². The first-order chi connectivity index (χ1) is 6.00. The number of carbonyl (C=O) groups is 1. The summed E-state index contributed by atoms with van der Waals surface area (Å²) in [5.41, 5.74) is 11.6. The number of aryl methyl sites for hydroxylation is 1. The molecule has 0 saturated heterocycles. The number of thiazole rings is 1. The fourth-order valence-electron chi connectivity index (χ4n) is 0.860. The van der Waals surface area contributed by atoms with Crippen LogP contribution in [0.1, 0.15) is 23.2 Å². The van der Waals surface area contributed by atoms with Gasteiger partial charge in [-0.15, -0.1) is 11.3 Å². The van der Waals surface area contributed by atoms with E-state index in [1.54, 1.807) is 0 Å². The van der Waals surface area contributed by atoms with E-state index in [0.29, 0.717) is 0 Å². The standard InChI is InChI=1S/C7H10BrN3OS/c1-3-6(8)13-7(11-3)4(9)2-5(10)12/h4H,2,9H2,1H3,(H2,10,12)/t4-/m0/s1. The second kappa shape index (κ2) is 4.17. The molecule has 1 amide bonds. The number of aromatic nitrogens is 1. The minimum Gasteiger partial charge on any atom is -0.370 e.